The Bertz CT molecular complexity index is 604. The quantitative estimate of drug-likeness (QED) is 0.886. The summed E-state index contributed by atoms with van der Waals surface area (Å²) in [5, 5.41) is 8.73. The summed E-state index contributed by atoms with van der Waals surface area (Å²) in [5.74, 6) is 0. The van der Waals surface area contributed by atoms with Crippen LogP contribution < -0.4 is 5.32 Å². The molecule has 2 aromatic rings. The van der Waals surface area contributed by atoms with Gasteiger partial charge >= 0.3 is 0 Å². The normalized spacial score (nSPS) is 12.6. The van der Waals surface area contributed by atoms with Gasteiger partial charge in [0, 0.05) is 18.7 Å². The van der Waals surface area contributed by atoms with Crippen molar-refractivity contribution in [3.05, 3.63) is 51.8 Å². The number of benzene rings is 1. The zero-order valence-electron chi connectivity index (χ0n) is 13.3. The standard InChI is InChI=1S/C17H24ClN3/c1-5-19-15(10-14-9-7-6-8-12(14)2)11-16-13(3)20-21(4)17(16)18/h6-9,15,19H,5,10-11H2,1-4H3. The van der Waals surface area contributed by atoms with Gasteiger partial charge in [-0.15, -0.1) is 0 Å². The minimum absolute atomic E-state index is 0.372. The molecule has 2 rings (SSSR count). The fourth-order valence-electron chi connectivity index (χ4n) is 2.76. The first-order valence-corrected chi connectivity index (χ1v) is 7.86. The predicted octanol–water partition coefficient (Wildman–Crippen LogP) is 3.45. The summed E-state index contributed by atoms with van der Waals surface area (Å²) in [5.41, 5.74) is 4.91. The third-order valence-electron chi connectivity index (χ3n) is 3.94. The topological polar surface area (TPSA) is 29.9 Å². The molecule has 0 bridgehead atoms. The van der Waals surface area contributed by atoms with Crippen LogP contribution in [0.15, 0.2) is 24.3 Å². The summed E-state index contributed by atoms with van der Waals surface area (Å²) in [6.07, 6.45) is 1.91. The van der Waals surface area contributed by atoms with Crippen molar-refractivity contribution in [3.8, 4) is 0 Å². The Morgan fingerprint density at radius 3 is 2.52 bits per heavy atom. The van der Waals surface area contributed by atoms with Gasteiger partial charge in [-0.1, -0.05) is 42.8 Å². The molecule has 1 aromatic heterocycles. The predicted molar refractivity (Wildman–Crippen MR) is 89.0 cm³/mol. The van der Waals surface area contributed by atoms with Gasteiger partial charge in [-0.05, 0) is 44.4 Å². The van der Waals surface area contributed by atoms with E-state index in [4.69, 9.17) is 11.6 Å². The molecule has 1 heterocycles. The van der Waals surface area contributed by atoms with E-state index in [1.807, 2.05) is 14.0 Å². The first-order chi connectivity index (χ1) is 10.0. The molecule has 0 saturated heterocycles. The lowest BCUT2D eigenvalue weighted by atomic mass is 9.96. The minimum Gasteiger partial charge on any atom is -0.314 e. The van der Waals surface area contributed by atoms with E-state index in [-0.39, 0.29) is 0 Å². The lowest BCUT2D eigenvalue weighted by molar-refractivity contribution is 0.519. The van der Waals surface area contributed by atoms with Crippen LogP contribution in [0.4, 0.5) is 0 Å². The van der Waals surface area contributed by atoms with Gasteiger partial charge in [0.15, 0.2) is 0 Å². The maximum absolute atomic E-state index is 6.37. The molecular weight excluding hydrogens is 282 g/mol. The fourth-order valence-corrected chi connectivity index (χ4v) is 3.01. The van der Waals surface area contributed by atoms with E-state index < -0.39 is 0 Å². The molecular formula is C17H24ClN3. The Kier molecular flexibility index (Phi) is 5.43. The van der Waals surface area contributed by atoms with E-state index in [0.717, 1.165) is 35.8 Å². The smallest absolute Gasteiger partial charge is 0.130 e. The van der Waals surface area contributed by atoms with Crippen molar-refractivity contribution in [1.82, 2.24) is 15.1 Å². The van der Waals surface area contributed by atoms with E-state index in [1.54, 1.807) is 4.68 Å². The second kappa shape index (κ2) is 7.10. The lowest BCUT2D eigenvalue weighted by Crippen LogP contribution is -2.33. The molecule has 0 radical (unpaired) electrons. The molecule has 0 aliphatic carbocycles. The molecule has 0 saturated carbocycles. The zero-order valence-corrected chi connectivity index (χ0v) is 14.0. The third-order valence-corrected chi connectivity index (χ3v) is 4.41. The molecule has 1 aromatic carbocycles. The molecule has 0 aliphatic heterocycles. The van der Waals surface area contributed by atoms with Crippen LogP contribution in [0.2, 0.25) is 5.15 Å². The van der Waals surface area contributed by atoms with Crippen LogP contribution in [0, 0.1) is 13.8 Å². The van der Waals surface area contributed by atoms with E-state index >= 15 is 0 Å². The Morgan fingerprint density at radius 2 is 1.95 bits per heavy atom. The van der Waals surface area contributed by atoms with Gasteiger partial charge in [-0.2, -0.15) is 5.10 Å². The molecule has 0 spiro atoms. The Balaban J connectivity index is 2.18. The molecule has 1 atom stereocenters. The van der Waals surface area contributed by atoms with Gasteiger partial charge < -0.3 is 5.32 Å². The van der Waals surface area contributed by atoms with Gasteiger partial charge in [-0.25, -0.2) is 0 Å². The van der Waals surface area contributed by atoms with E-state index in [1.165, 1.54) is 11.1 Å². The number of aromatic nitrogens is 2. The summed E-state index contributed by atoms with van der Waals surface area (Å²) in [6, 6.07) is 8.94. The van der Waals surface area contributed by atoms with Crippen molar-refractivity contribution in [2.24, 2.45) is 7.05 Å². The zero-order chi connectivity index (χ0) is 15.4. The van der Waals surface area contributed by atoms with Crippen molar-refractivity contribution < 1.29 is 0 Å². The second-order valence-electron chi connectivity index (χ2n) is 5.57. The van der Waals surface area contributed by atoms with Crippen LogP contribution in [0.1, 0.15) is 29.3 Å². The summed E-state index contributed by atoms with van der Waals surface area (Å²) >= 11 is 6.37. The Hall–Kier alpha value is -1.32. The van der Waals surface area contributed by atoms with Gasteiger partial charge in [0.2, 0.25) is 0 Å². The van der Waals surface area contributed by atoms with E-state index in [2.05, 4.69) is 48.5 Å². The number of hydrogen-bond acceptors (Lipinski definition) is 2. The second-order valence-corrected chi connectivity index (χ2v) is 5.93. The fraction of sp³-hybridized carbons (Fsp3) is 0.471. The summed E-state index contributed by atoms with van der Waals surface area (Å²) in [4.78, 5) is 0. The highest BCUT2D eigenvalue weighted by Crippen LogP contribution is 2.22. The molecule has 4 heteroatoms. The molecule has 0 aliphatic rings. The maximum Gasteiger partial charge on any atom is 0.130 e. The number of rotatable bonds is 6. The van der Waals surface area contributed by atoms with Crippen LogP contribution in [0.25, 0.3) is 0 Å². The number of hydrogen-bond donors (Lipinski definition) is 1. The number of halogens is 1. The van der Waals surface area contributed by atoms with Crippen molar-refractivity contribution in [1.29, 1.82) is 0 Å². The molecule has 1 unspecified atom stereocenters. The third kappa shape index (κ3) is 3.86. The van der Waals surface area contributed by atoms with Crippen LogP contribution in [-0.2, 0) is 19.9 Å². The van der Waals surface area contributed by atoms with E-state index in [9.17, 15) is 0 Å². The highest BCUT2D eigenvalue weighted by Gasteiger charge is 2.17. The van der Waals surface area contributed by atoms with Crippen molar-refractivity contribution in [2.75, 3.05) is 6.54 Å². The molecule has 1 N–H and O–H groups in total. The van der Waals surface area contributed by atoms with Gasteiger partial charge in [0.1, 0.15) is 5.15 Å². The summed E-state index contributed by atoms with van der Waals surface area (Å²) in [6.45, 7) is 7.29. The Labute approximate surface area is 132 Å². The number of nitrogens with zero attached hydrogens (tertiary/aromatic N) is 2. The minimum atomic E-state index is 0.372. The van der Waals surface area contributed by atoms with Crippen LogP contribution >= 0.6 is 11.6 Å². The van der Waals surface area contributed by atoms with Crippen molar-refractivity contribution in [3.63, 3.8) is 0 Å². The number of aryl methyl sites for hydroxylation is 3. The number of likely N-dealkylation sites (N-methyl/N-ethyl adjacent to an activating group) is 1. The first kappa shape index (κ1) is 16.1. The van der Waals surface area contributed by atoms with Crippen LogP contribution in [-0.4, -0.2) is 22.4 Å². The summed E-state index contributed by atoms with van der Waals surface area (Å²) in [7, 11) is 1.89. The lowest BCUT2D eigenvalue weighted by Gasteiger charge is -2.19. The summed E-state index contributed by atoms with van der Waals surface area (Å²) < 4.78 is 1.75. The highest BCUT2D eigenvalue weighted by molar-refractivity contribution is 6.30. The maximum atomic E-state index is 6.37. The van der Waals surface area contributed by atoms with Gasteiger partial charge in [-0.3, -0.25) is 4.68 Å². The molecule has 3 nitrogen and oxygen atoms in total. The largest absolute Gasteiger partial charge is 0.314 e. The number of nitrogens with one attached hydrogen (secondary N) is 1. The molecule has 0 amide bonds. The van der Waals surface area contributed by atoms with Gasteiger partial charge in [0.05, 0.1) is 5.69 Å². The van der Waals surface area contributed by atoms with Gasteiger partial charge in [0.25, 0.3) is 0 Å². The molecule has 0 fully saturated rings. The monoisotopic (exact) mass is 305 g/mol. The Morgan fingerprint density at radius 1 is 1.24 bits per heavy atom. The van der Waals surface area contributed by atoms with Crippen LogP contribution in [0.3, 0.4) is 0 Å². The highest BCUT2D eigenvalue weighted by atomic mass is 35.5. The van der Waals surface area contributed by atoms with E-state index in [0.29, 0.717) is 6.04 Å². The average Bonchev–Trinajstić information content (AvgIpc) is 2.68. The SMILES string of the molecule is CCNC(Cc1ccccc1C)Cc1c(C)nn(C)c1Cl. The van der Waals surface area contributed by atoms with Crippen molar-refractivity contribution in [2.45, 2.75) is 39.7 Å². The molecule has 114 valence electrons. The average molecular weight is 306 g/mol. The van der Waals surface area contributed by atoms with Crippen molar-refractivity contribution >= 4 is 11.6 Å². The molecule has 21 heavy (non-hydrogen) atoms. The first-order valence-electron chi connectivity index (χ1n) is 7.48. The van der Waals surface area contributed by atoms with Crippen LogP contribution in [0.5, 0.6) is 0 Å².